The Morgan fingerprint density at radius 2 is 2.00 bits per heavy atom. The minimum atomic E-state index is -0.847. The second-order valence-corrected chi connectivity index (χ2v) is 11.4. The predicted molar refractivity (Wildman–Crippen MR) is 132 cm³/mol. The summed E-state index contributed by atoms with van der Waals surface area (Å²) in [5, 5.41) is 26.1. The van der Waals surface area contributed by atoms with E-state index in [4.69, 9.17) is 16.3 Å². The maximum absolute atomic E-state index is 12.6. The number of nitrogens with one attached hydrogen (secondary N) is 1. The van der Waals surface area contributed by atoms with Crippen LogP contribution in [0.4, 0.5) is 5.82 Å². The number of likely N-dealkylation sites (tertiary alicyclic amines) is 1. The van der Waals surface area contributed by atoms with Crippen molar-refractivity contribution in [1.82, 2.24) is 9.88 Å². The normalized spacial score (nSPS) is 30.6. The number of anilines is 1. The van der Waals surface area contributed by atoms with Crippen LogP contribution < -0.4 is 5.32 Å². The molecule has 7 nitrogen and oxygen atoms in total. The zero-order valence-electron chi connectivity index (χ0n) is 20.1. The van der Waals surface area contributed by atoms with E-state index in [-0.39, 0.29) is 23.3 Å². The Balaban J connectivity index is 1.29. The van der Waals surface area contributed by atoms with Crippen molar-refractivity contribution >= 4 is 34.1 Å². The average molecular weight is 488 g/mol. The number of fused-ring (bicyclic) bond motifs is 1. The summed E-state index contributed by atoms with van der Waals surface area (Å²) in [5.41, 5.74) is -0.0433. The first-order chi connectivity index (χ1) is 16.1. The van der Waals surface area contributed by atoms with Crippen molar-refractivity contribution in [3.8, 4) is 0 Å². The van der Waals surface area contributed by atoms with Crippen molar-refractivity contribution in [1.29, 1.82) is 0 Å². The summed E-state index contributed by atoms with van der Waals surface area (Å²) in [7, 11) is 0. The number of aliphatic hydroxyl groups is 2. The summed E-state index contributed by atoms with van der Waals surface area (Å²) in [4.78, 5) is 19.4. The van der Waals surface area contributed by atoms with E-state index in [1.807, 2.05) is 12.1 Å². The van der Waals surface area contributed by atoms with E-state index in [1.165, 1.54) is 0 Å². The molecular weight excluding hydrogens is 454 g/mol. The maximum Gasteiger partial charge on any atom is 0.229 e. The lowest BCUT2D eigenvalue weighted by molar-refractivity contribution is -0.118. The van der Waals surface area contributed by atoms with Gasteiger partial charge in [0.25, 0.3) is 0 Å². The molecule has 1 aromatic heterocycles. The molecule has 184 valence electrons. The van der Waals surface area contributed by atoms with E-state index >= 15 is 0 Å². The summed E-state index contributed by atoms with van der Waals surface area (Å²) < 4.78 is 5.52. The van der Waals surface area contributed by atoms with Gasteiger partial charge in [0.2, 0.25) is 5.91 Å². The lowest BCUT2D eigenvalue weighted by Crippen LogP contribution is -2.56. The molecule has 4 atom stereocenters. The molecule has 0 spiro atoms. The monoisotopic (exact) mass is 487 g/mol. The highest BCUT2D eigenvalue weighted by Gasteiger charge is 2.51. The van der Waals surface area contributed by atoms with Crippen molar-refractivity contribution in [3.05, 3.63) is 35.0 Å². The highest BCUT2D eigenvalue weighted by atomic mass is 35.5. The van der Waals surface area contributed by atoms with Gasteiger partial charge in [0.1, 0.15) is 5.82 Å². The molecule has 1 aromatic carbocycles. The second kappa shape index (κ2) is 8.71. The number of pyridine rings is 1. The molecule has 0 bridgehead atoms. The van der Waals surface area contributed by atoms with Crippen LogP contribution in [0.1, 0.15) is 51.5 Å². The van der Waals surface area contributed by atoms with E-state index in [0.717, 1.165) is 47.3 Å². The molecule has 3 N–H and O–H groups in total. The van der Waals surface area contributed by atoms with E-state index < -0.39 is 11.7 Å². The number of carbonyl (C=O) groups is 1. The smallest absolute Gasteiger partial charge is 0.229 e. The third kappa shape index (κ3) is 4.44. The van der Waals surface area contributed by atoms with Gasteiger partial charge in [0, 0.05) is 22.5 Å². The van der Waals surface area contributed by atoms with Crippen LogP contribution in [0, 0.1) is 11.8 Å². The van der Waals surface area contributed by atoms with Gasteiger partial charge < -0.3 is 20.3 Å². The van der Waals surface area contributed by atoms with Gasteiger partial charge >= 0.3 is 0 Å². The van der Waals surface area contributed by atoms with Gasteiger partial charge in [-0.15, -0.1) is 0 Å². The van der Waals surface area contributed by atoms with Crippen molar-refractivity contribution in [2.45, 2.75) is 63.2 Å². The van der Waals surface area contributed by atoms with E-state index in [1.54, 1.807) is 20.0 Å². The summed E-state index contributed by atoms with van der Waals surface area (Å²) in [5.74, 6) is 0.580. The highest BCUT2D eigenvalue weighted by molar-refractivity contribution is 6.32. The number of benzene rings is 1. The topological polar surface area (TPSA) is 94.9 Å². The Labute approximate surface area is 205 Å². The molecule has 1 aliphatic carbocycles. The van der Waals surface area contributed by atoms with Crippen molar-refractivity contribution in [2.24, 2.45) is 11.8 Å². The first kappa shape index (κ1) is 23.9. The van der Waals surface area contributed by atoms with Crippen LogP contribution in [0.3, 0.4) is 0 Å². The summed E-state index contributed by atoms with van der Waals surface area (Å²) in [6, 6.07) is 5.98. The largest absolute Gasteiger partial charge is 0.390 e. The number of amides is 1. The molecule has 0 radical (unpaired) electrons. The molecule has 1 saturated carbocycles. The summed E-state index contributed by atoms with van der Waals surface area (Å²) >= 11 is 6.69. The van der Waals surface area contributed by atoms with Gasteiger partial charge in [-0.05, 0) is 94.1 Å². The minimum absolute atomic E-state index is 0.0107. The Hall–Kier alpha value is -1.77. The number of rotatable bonds is 5. The van der Waals surface area contributed by atoms with Crippen LogP contribution in [0.5, 0.6) is 0 Å². The highest BCUT2D eigenvalue weighted by Crippen LogP contribution is 2.47. The number of aromatic nitrogens is 1. The predicted octanol–water partition coefficient (Wildman–Crippen LogP) is 3.56. The van der Waals surface area contributed by atoms with Crippen molar-refractivity contribution in [2.75, 3.05) is 31.6 Å². The Kier molecular flexibility index (Phi) is 6.14. The van der Waals surface area contributed by atoms with Crippen LogP contribution in [0.25, 0.3) is 10.8 Å². The zero-order valence-corrected chi connectivity index (χ0v) is 20.8. The molecule has 3 heterocycles. The molecule has 2 saturated heterocycles. The van der Waals surface area contributed by atoms with Gasteiger partial charge in [-0.1, -0.05) is 11.6 Å². The lowest BCUT2D eigenvalue weighted by atomic mass is 9.85. The van der Waals surface area contributed by atoms with Crippen LogP contribution in [0.2, 0.25) is 5.02 Å². The summed E-state index contributed by atoms with van der Waals surface area (Å²) in [6.07, 6.45) is 3.91. The molecule has 1 amide bonds. The van der Waals surface area contributed by atoms with Crippen LogP contribution in [-0.2, 0) is 9.53 Å². The number of halogens is 1. The van der Waals surface area contributed by atoms with Gasteiger partial charge in [-0.25, -0.2) is 4.98 Å². The Morgan fingerprint density at radius 1 is 1.26 bits per heavy atom. The van der Waals surface area contributed by atoms with Gasteiger partial charge in [-0.2, -0.15) is 0 Å². The number of piperidine rings is 1. The fourth-order valence-corrected chi connectivity index (χ4v) is 6.03. The van der Waals surface area contributed by atoms with E-state index in [2.05, 4.69) is 28.2 Å². The van der Waals surface area contributed by atoms with Crippen molar-refractivity contribution in [3.63, 3.8) is 0 Å². The molecule has 2 aromatic rings. The maximum atomic E-state index is 12.6. The fraction of sp³-hybridized carbons (Fsp3) is 0.615. The minimum Gasteiger partial charge on any atom is -0.390 e. The number of ether oxygens (including phenoxy) is 1. The summed E-state index contributed by atoms with van der Waals surface area (Å²) in [6.45, 7) is 8.32. The first-order valence-electron chi connectivity index (χ1n) is 12.2. The van der Waals surface area contributed by atoms with Crippen LogP contribution in [-0.4, -0.2) is 69.6 Å². The Morgan fingerprint density at radius 3 is 2.62 bits per heavy atom. The SMILES string of the molecule is CC(C)(O)C1CC1C(=O)Nc1cc2cc(C3CCN([C@]4(C)COC[C@@H]4O)CC3)c(Cl)cc2cn1. The number of nitrogens with zero attached hydrogens (tertiary/aromatic N) is 2. The molecule has 8 heteroatoms. The fourth-order valence-electron chi connectivity index (χ4n) is 5.71. The van der Waals surface area contributed by atoms with E-state index in [0.29, 0.717) is 31.4 Å². The number of aliphatic hydroxyl groups excluding tert-OH is 1. The third-order valence-electron chi connectivity index (χ3n) is 8.17. The molecule has 34 heavy (non-hydrogen) atoms. The van der Waals surface area contributed by atoms with Gasteiger partial charge in [0.15, 0.2) is 0 Å². The second-order valence-electron chi connectivity index (χ2n) is 11.0. The molecular formula is C26H34ClN3O4. The van der Waals surface area contributed by atoms with Gasteiger partial charge in [-0.3, -0.25) is 9.69 Å². The number of carbonyl (C=O) groups excluding carboxylic acids is 1. The molecule has 5 rings (SSSR count). The van der Waals surface area contributed by atoms with Crippen LogP contribution in [0.15, 0.2) is 24.4 Å². The number of hydrogen-bond acceptors (Lipinski definition) is 6. The number of hydrogen-bond donors (Lipinski definition) is 3. The quantitative estimate of drug-likeness (QED) is 0.597. The lowest BCUT2D eigenvalue weighted by Gasteiger charge is -2.43. The van der Waals surface area contributed by atoms with E-state index in [9.17, 15) is 15.0 Å². The zero-order chi connectivity index (χ0) is 24.3. The average Bonchev–Trinajstić information content (AvgIpc) is 3.54. The van der Waals surface area contributed by atoms with Crippen LogP contribution >= 0.6 is 11.6 Å². The standard InChI is InChI=1S/C26H34ClN3O4/c1-25(2,33)20-11-19(20)24(32)29-23-10-16-8-18(21(27)9-17(16)12-28-23)15-4-6-30(7-5-15)26(3)14-34-13-22(26)31/h8-10,12,15,19-20,22,31,33H,4-7,11,13-14H2,1-3H3,(H,28,29,32)/t19?,20?,22-,26+/m0/s1. The Bertz CT molecular complexity index is 1100. The first-order valence-corrected chi connectivity index (χ1v) is 12.6. The third-order valence-corrected chi connectivity index (χ3v) is 8.50. The molecule has 2 aliphatic heterocycles. The van der Waals surface area contributed by atoms with Crippen molar-refractivity contribution < 1.29 is 19.7 Å². The molecule has 2 unspecified atom stereocenters. The van der Waals surface area contributed by atoms with Gasteiger partial charge in [0.05, 0.1) is 30.5 Å². The molecule has 3 aliphatic rings. The molecule has 3 fully saturated rings.